The Kier molecular flexibility index (Phi) is 4.47. The minimum Gasteiger partial charge on any atom is -0.387 e. The number of nitrogens with zero attached hydrogens (tertiary/aromatic N) is 2. The van der Waals surface area contributed by atoms with Crippen molar-refractivity contribution in [2.75, 3.05) is 13.1 Å². The van der Waals surface area contributed by atoms with Gasteiger partial charge in [0.05, 0.1) is 17.7 Å². The summed E-state index contributed by atoms with van der Waals surface area (Å²) in [4.78, 5) is 0.167. The van der Waals surface area contributed by atoms with Gasteiger partial charge >= 0.3 is 0 Å². The third-order valence-electron chi connectivity index (χ3n) is 2.76. The molecule has 0 aliphatic heterocycles. The first-order chi connectivity index (χ1) is 8.30. The molecule has 0 aliphatic rings. The summed E-state index contributed by atoms with van der Waals surface area (Å²) in [5.41, 5.74) is 5.88. The van der Waals surface area contributed by atoms with E-state index in [9.17, 15) is 8.42 Å². The average Bonchev–Trinajstić information content (AvgIpc) is 2.72. The van der Waals surface area contributed by atoms with Gasteiger partial charge in [0.1, 0.15) is 4.90 Å². The summed E-state index contributed by atoms with van der Waals surface area (Å²) in [5, 5.41) is 13.7. The molecule has 0 amide bonds. The molecule has 0 aromatic carbocycles. The quantitative estimate of drug-likeness (QED) is 0.510. The molecule has 0 bridgehead atoms. The van der Waals surface area contributed by atoms with Crippen molar-refractivity contribution in [1.29, 1.82) is 5.41 Å². The largest absolute Gasteiger partial charge is 0.387 e. The summed E-state index contributed by atoms with van der Waals surface area (Å²) >= 11 is 0. The molecule has 0 aliphatic carbocycles. The number of aromatic nitrogens is 2. The molecule has 0 saturated carbocycles. The fourth-order valence-corrected chi connectivity index (χ4v) is 3.20. The van der Waals surface area contributed by atoms with Gasteiger partial charge in [-0.2, -0.15) is 9.40 Å². The first-order valence-corrected chi connectivity index (χ1v) is 7.08. The van der Waals surface area contributed by atoms with Crippen molar-refractivity contribution >= 4 is 15.9 Å². The lowest BCUT2D eigenvalue weighted by molar-refractivity contribution is 0.403. The number of sulfonamides is 1. The molecule has 1 aromatic rings. The fourth-order valence-electron chi connectivity index (χ4n) is 1.54. The summed E-state index contributed by atoms with van der Waals surface area (Å²) in [5.74, 6) is -0.334. The van der Waals surface area contributed by atoms with Crippen LogP contribution in [0.5, 0.6) is 0 Å². The zero-order chi connectivity index (χ0) is 13.9. The molecule has 18 heavy (non-hydrogen) atoms. The van der Waals surface area contributed by atoms with Gasteiger partial charge < -0.3 is 5.73 Å². The summed E-state index contributed by atoms with van der Waals surface area (Å²) in [6, 6.07) is 0. The third-order valence-corrected chi connectivity index (χ3v) is 4.82. The van der Waals surface area contributed by atoms with Crippen LogP contribution in [0.25, 0.3) is 0 Å². The lowest BCUT2D eigenvalue weighted by Gasteiger charge is -2.23. The Morgan fingerprint density at radius 2 is 2.28 bits per heavy atom. The van der Waals surface area contributed by atoms with Crippen LogP contribution in [0.1, 0.15) is 19.5 Å². The van der Waals surface area contributed by atoms with Crippen LogP contribution in [0.15, 0.2) is 11.1 Å². The first-order valence-electron chi connectivity index (χ1n) is 5.64. The molecule has 1 unspecified atom stereocenters. The molecule has 0 fully saturated rings. The van der Waals surface area contributed by atoms with E-state index in [-0.39, 0.29) is 23.2 Å². The molecule has 0 spiro atoms. The topological polar surface area (TPSA) is 116 Å². The Hall–Kier alpha value is -1.41. The van der Waals surface area contributed by atoms with Gasteiger partial charge in [-0.1, -0.05) is 13.8 Å². The highest BCUT2D eigenvalue weighted by Crippen LogP contribution is 2.18. The Morgan fingerprint density at radius 1 is 1.67 bits per heavy atom. The van der Waals surface area contributed by atoms with Gasteiger partial charge in [-0.25, -0.2) is 8.42 Å². The Labute approximate surface area is 107 Å². The number of hydrogen-bond acceptors (Lipinski definition) is 4. The second kappa shape index (κ2) is 5.49. The molecule has 0 saturated heterocycles. The Balaban J connectivity index is 3.02. The smallest absolute Gasteiger partial charge is 0.246 e. The Morgan fingerprint density at radius 3 is 2.67 bits per heavy atom. The van der Waals surface area contributed by atoms with Crippen LogP contribution in [0, 0.1) is 18.3 Å². The van der Waals surface area contributed by atoms with Crippen molar-refractivity contribution in [3.05, 3.63) is 11.9 Å². The zero-order valence-electron chi connectivity index (χ0n) is 10.8. The van der Waals surface area contributed by atoms with Crippen LogP contribution in [-0.4, -0.2) is 41.8 Å². The van der Waals surface area contributed by atoms with Gasteiger partial charge in [0, 0.05) is 19.0 Å². The van der Waals surface area contributed by atoms with E-state index in [1.165, 1.54) is 10.5 Å². The zero-order valence-corrected chi connectivity index (χ0v) is 11.6. The third kappa shape index (κ3) is 2.88. The van der Waals surface area contributed by atoms with E-state index in [0.717, 1.165) is 0 Å². The minimum atomic E-state index is -3.58. The van der Waals surface area contributed by atoms with Crippen molar-refractivity contribution in [2.45, 2.75) is 25.7 Å². The maximum absolute atomic E-state index is 12.4. The molecule has 4 N–H and O–H groups in total. The van der Waals surface area contributed by atoms with E-state index in [1.807, 2.05) is 0 Å². The molecule has 7 nitrogen and oxygen atoms in total. The highest BCUT2D eigenvalue weighted by molar-refractivity contribution is 7.89. The number of aryl methyl sites for hydroxylation is 1. The van der Waals surface area contributed by atoms with Crippen LogP contribution in [0.2, 0.25) is 0 Å². The van der Waals surface area contributed by atoms with Crippen molar-refractivity contribution in [2.24, 2.45) is 11.7 Å². The predicted octanol–water partition coefficient (Wildman–Crippen LogP) is 0.301. The monoisotopic (exact) mass is 273 g/mol. The van der Waals surface area contributed by atoms with Crippen LogP contribution in [0.4, 0.5) is 0 Å². The number of aromatic amines is 1. The number of hydrogen-bond donors (Lipinski definition) is 3. The molecule has 1 atom stereocenters. The van der Waals surface area contributed by atoms with E-state index >= 15 is 0 Å². The van der Waals surface area contributed by atoms with Crippen molar-refractivity contribution in [3.8, 4) is 0 Å². The van der Waals surface area contributed by atoms with E-state index in [4.69, 9.17) is 11.1 Å². The lowest BCUT2D eigenvalue weighted by atomic mass is 10.1. The molecule has 102 valence electrons. The number of amidine groups is 1. The van der Waals surface area contributed by atoms with Crippen LogP contribution < -0.4 is 5.73 Å². The summed E-state index contributed by atoms with van der Waals surface area (Å²) < 4.78 is 26.0. The minimum absolute atomic E-state index is 0.0208. The van der Waals surface area contributed by atoms with Crippen molar-refractivity contribution in [1.82, 2.24) is 14.5 Å². The van der Waals surface area contributed by atoms with E-state index in [0.29, 0.717) is 12.2 Å². The molecule has 1 rings (SSSR count). The summed E-state index contributed by atoms with van der Waals surface area (Å²) in [6.45, 7) is 5.65. The van der Waals surface area contributed by atoms with Gasteiger partial charge in [0.15, 0.2) is 0 Å². The maximum atomic E-state index is 12.4. The summed E-state index contributed by atoms with van der Waals surface area (Å²) in [6.07, 6.45) is 1.30. The first kappa shape index (κ1) is 14.7. The molecule has 8 heteroatoms. The number of H-pyrrole nitrogens is 1. The van der Waals surface area contributed by atoms with E-state index < -0.39 is 10.0 Å². The standard InChI is InChI=1S/C10H19N5O2S/c1-4-15(6-7(2)10(11)12)18(16,17)9-5-13-14-8(9)3/h5,7H,4,6H2,1-3H3,(H3,11,12)(H,13,14). The molecule has 1 aromatic heterocycles. The molecular weight excluding hydrogens is 254 g/mol. The van der Waals surface area contributed by atoms with Crippen LogP contribution >= 0.6 is 0 Å². The highest BCUT2D eigenvalue weighted by atomic mass is 32.2. The normalized spacial score (nSPS) is 13.8. The van der Waals surface area contributed by atoms with Gasteiger partial charge in [-0.15, -0.1) is 0 Å². The second-order valence-corrected chi connectivity index (χ2v) is 6.08. The Bertz CT molecular complexity index is 522. The number of nitrogens with two attached hydrogens (primary N) is 1. The SMILES string of the molecule is CCN(CC(C)C(=N)N)S(=O)(=O)c1cn[nH]c1C. The highest BCUT2D eigenvalue weighted by Gasteiger charge is 2.27. The van der Waals surface area contributed by atoms with E-state index in [2.05, 4.69) is 10.2 Å². The van der Waals surface area contributed by atoms with Gasteiger partial charge in [-0.05, 0) is 6.92 Å². The molecular formula is C10H19N5O2S. The fraction of sp³-hybridized carbons (Fsp3) is 0.600. The van der Waals surface area contributed by atoms with Crippen LogP contribution in [-0.2, 0) is 10.0 Å². The van der Waals surface area contributed by atoms with Gasteiger partial charge in [-0.3, -0.25) is 10.5 Å². The lowest BCUT2D eigenvalue weighted by Crippen LogP contribution is -2.38. The number of nitrogens with one attached hydrogen (secondary N) is 2. The predicted molar refractivity (Wildman–Crippen MR) is 68.8 cm³/mol. The summed E-state index contributed by atoms with van der Waals surface area (Å²) in [7, 11) is -3.58. The van der Waals surface area contributed by atoms with Gasteiger partial charge in [0.2, 0.25) is 10.0 Å². The maximum Gasteiger partial charge on any atom is 0.246 e. The number of rotatable bonds is 6. The van der Waals surface area contributed by atoms with Crippen molar-refractivity contribution < 1.29 is 8.42 Å². The average molecular weight is 273 g/mol. The van der Waals surface area contributed by atoms with Crippen LogP contribution in [0.3, 0.4) is 0 Å². The second-order valence-electron chi connectivity index (χ2n) is 4.17. The molecule has 0 radical (unpaired) electrons. The molecule has 1 heterocycles. The van der Waals surface area contributed by atoms with Crippen molar-refractivity contribution in [3.63, 3.8) is 0 Å². The van der Waals surface area contributed by atoms with E-state index in [1.54, 1.807) is 20.8 Å². The van der Waals surface area contributed by atoms with Gasteiger partial charge in [0.25, 0.3) is 0 Å².